The first-order chi connectivity index (χ1) is 7.79. The summed E-state index contributed by atoms with van der Waals surface area (Å²) in [5.74, 6) is 0.863. The highest BCUT2D eigenvalue weighted by Crippen LogP contribution is 2.16. The van der Waals surface area contributed by atoms with Gasteiger partial charge in [-0.3, -0.25) is 9.69 Å². The fourth-order valence-corrected chi connectivity index (χ4v) is 2.15. The van der Waals surface area contributed by atoms with Crippen LogP contribution in [0.3, 0.4) is 0 Å². The lowest BCUT2D eigenvalue weighted by Gasteiger charge is -2.25. The Balaban J connectivity index is 1.93. The van der Waals surface area contributed by atoms with E-state index in [1.165, 1.54) is 37.9 Å². The van der Waals surface area contributed by atoms with Crippen LogP contribution < -0.4 is 4.90 Å². The highest BCUT2D eigenvalue weighted by molar-refractivity contribution is 5.72. The number of carbonyl (C=O) groups excluding carboxylic acids is 1. The van der Waals surface area contributed by atoms with Crippen molar-refractivity contribution in [1.29, 1.82) is 0 Å². The Kier molecular flexibility index (Phi) is 3.62. The fraction of sp³-hybridized carbons (Fsp3) is 0.583. The number of amides is 1. The summed E-state index contributed by atoms with van der Waals surface area (Å²) in [6, 6.07) is 2.04. The summed E-state index contributed by atoms with van der Waals surface area (Å²) >= 11 is 0. The lowest BCUT2D eigenvalue weighted by molar-refractivity contribution is -0.107. The van der Waals surface area contributed by atoms with Gasteiger partial charge in [0.25, 0.3) is 0 Å². The van der Waals surface area contributed by atoms with E-state index in [9.17, 15) is 4.79 Å². The molecule has 0 unspecified atom stereocenters. The van der Waals surface area contributed by atoms with Gasteiger partial charge in [-0.15, -0.1) is 0 Å². The van der Waals surface area contributed by atoms with E-state index in [2.05, 4.69) is 9.88 Å². The second-order valence-corrected chi connectivity index (χ2v) is 4.45. The summed E-state index contributed by atoms with van der Waals surface area (Å²) in [6.45, 7) is 3.39. The van der Waals surface area contributed by atoms with Crippen LogP contribution in [0.25, 0.3) is 0 Å². The van der Waals surface area contributed by atoms with Crippen molar-refractivity contribution in [3.8, 4) is 0 Å². The van der Waals surface area contributed by atoms with Gasteiger partial charge in [-0.1, -0.05) is 6.42 Å². The average Bonchev–Trinajstić information content (AvgIpc) is 2.78. The molecule has 1 aromatic heterocycles. The molecule has 0 aliphatic carbocycles. The molecule has 1 saturated heterocycles. The van der Waals surface area contributed by atoms with Gasteiger partial charge < -0.3 is 9.88 Å². The number of carbonyl (C=O) groups is 1. The van der Waals surface area contributed by atoms with Crippen LogP contribution in [0.1, 0.15) is 24.8 Å². The Morgan fingerprint density at radius 3 is 2.88 bits per heavy atom. The molecule has 2 rings (SSSR count). The highest BCUT2D eigenvalue weighted by atomic mass is 16.1. The van der Waals surface area contributed by atoms with E-state index >= 15 is 0 Å². The molecule has 0 spiro atoms. The highest BCUT2D eigenvalue weighted by Gasteiger charge is 2.11. The maximum absolute atomic E-state index is 10.6. The van der Waals surface area contributed by atoms with Gasteiger partial charge in [0, 0.05) is 19.8 Å². The van der Waals surface area contributed by atoms with Gasteiger partial charge in [0.2, 0.25) is 6.41 Å². The van der Waals surface area contributed by atoms with Crippen LogP contribution >= 0.6 is 0 Å². The Bertz CT molecular complexity index is 342. The first-order valence-electron chi connectivity index (χ1n) is 5.87. The third kappa shape index (κ3) is 2.64. The maximum Gasteiger partial charge on any atom is 0.214 e. The predicted molar refractivity (Wildman–Crippen MR) is 64.4 cm³/mol. The molecular weight excluding hydrogens is 202 g/mol. The molecule has 88 valence electrons. The van der Waals surface area contributed by atoms with Gasteiger partial charge in [0.05, 0.1) is 0 Å². The van der Waals surface area contributed by atoms with Crippen LogP contribution in [-0.2, 0) is 11.3 Å². The SMILES string of the molecule is CN(C=O)c1cc(CN2CCCCC2)c[nH]1. The van der Waals surface area contributed by atoms with Gasteiger partial charge in [-0.05, 0) is 37.6 Å². The molecule has 0 saturated carbocycles. The number of anilines is 1. The van der Waals surface area contributed by atoms with E-state index < -0.39 is 0 Å². The summed E-state index contributed by atoms with van der Waals surface area (Å²) < 4.78 is 0. The molecule has 0 bridgehead atoms. The predicted octanol–water partition coefficient (Wildman–Crippen LogP) is 1.59. The smallest absolute Gasteiger partial charge is 0.214 e. The zero-order valence-electron chi connectivity index (χ0n) is 9.78. The number of nitrogens with zero attached hydrogens (tertiary/aromatic N) is 2. The molecule has 1 aromatic rings. The Hall–Kier alpha value is -1.29. The molecule has 2 heterocycles. The molecule has 1 N–H and O–H groups in total. The topological polar surface area (TPSA) is 39.3 Å². The van der Waals surface area contributed by atoms with Crippen LogP contribution in [0.5, 0.6) is 0 Å². The van der Waals surface area contributed by atoms with E-state index in [4.69, 9.17) is 0 Å². The zero-order chi connectivity index (χ0) is 11.4. The van der Waals surface area contributed by atoms with Crippen molar-refractivity contribution in [3.63, 3.8) is 0 Å². The van der Waals surface area contributed by atoms with E-state index in [0.717, 1.165) is 18.8 Å². The summed E-state index contributed by atoms with van der Waals surface area (Å²) in [6.07, 6.45) is 6.79. The first kappa shape index (κ1) is 11.2. The lowest BCUT2D eigenvalue weighted by Crippen LogP contribution is -2.28. The standard InChI is InChI=1S/C12H19N3O/c1-14(10-16)12-7-11(8-13-12)9-15-5-3-2-4-6-15/h7-8,10,13H,2-6,9H2,1H3. The van der Waals surface area contributed by atoms with Crippen LogP contribution in [0.15, 0.2) is 12.3 Å². The summed E-state index contributed by atoms with van der Waals surface area (Å²) in [5, 5.41) is 0. The van der Waals surface area contributed by atoms with Crippen LogP contribution in [0.4, 0.5) is 5.82 Å². The number of aromatic nitrogens is 1. The molecule has 1 aliphatic heterocycles. The van der Waals surface area contributed by atoms with E-state index in [0.29, 0.717) is 0 Å². The number of hydrogen-bond acceptors (Lipinski definition) is 2. The van der Waals surface area contributed by atoms with E-state index in [1.54, 1.807) is 11.9 Å². The van der Waals surface area contributed by atoms with Gasteiger partial charge in [-0.2, -0.15) is 0 Å². The van der Waals surface area contributed by atoms with Crippen molar-refractivity contribution in [1.82, 2.24) is 9.88 Å². The van der Waals surface area contributed by atoms with Crippen molar-refractivity contribution in [3.05, 3.63) is 17.8 Å². The maximum atomic E-state index is 10.6. The molecule has 4 heteroatoms. The van der Waals surface area contributed by atoms with Gasteiger partial charge >= 0.3 is 0 Å². The molecule has 1 amide bonds. The minimum Gasteiger partial charge on any atom is -0.348 e. The van der Waals surface area contributed by atoms with Gasteiger partial charge in [0.15, 0.2) is 0 Å². The van der Waals surface area contributed by atoms with Crippen molar-refractivity contribution in [2.75, 3.05) is 25.0 Å². The van der Waals surface area contributed by atoms with Crippen molar-refractivity contribution in [2.45, 2.75) is 25.8 Å². The van der Waals surface area contributed by atoms with Crippen LogP contribution in [-0.4, -0.2) is 36.4 Å². The Morgan fingerprint density at radius 1 is 1.44 bits per heavy atom. The number of aromatic amines is 1. The molecule has 0 aromatic carbocycles. The van der Waals surface area contributed by atoms with Crippen molar-refractivity contribution < 1.29 is 4.79 Å². The second kappa shape index (κ2) is 5.16. The van der Waals surface area contributed by atoms with E-state index in [-0.39, 0.29) is 0 Å². The lowest BCUT2D eigenvalue weighted by atomic mass is 10.1. The number of rotatable bonds is 4. The number of piperidine rings is 1. The zero-order valence-corrected chi connectivity index (χ0v) is 9.78. The minimum atomic E-state index is 0.816. The van der Waals surface area contributed by atoms with Gasteiger partial charge in [-0.25, -0.2) is 0 Å². The number of hydrogen-bond donors (Lipinski definition) is 1. The molecule has 16 heavy (non-hydrogen) atoms. The van der Waals surface area contributed by atoms with Crippen molar-refractivity contribution in [2.24, 2.45) is 0 Å². The van der Waals surface area contributed by atoms with Crippen LogP contribution in [0, 0.1) is 0 Å². The first-order valence-corrected chi connectivity index (χ1v) is 5.87. The largest absolute Gasteiger partial charge is 0.348 e. The molecule has 1 aliphatic rings. The Labute approximate surface area is 96.2 Å². The molecular formula is C12H19N3O. The minimum absolute atomic E-state index is 0.816. The molecule has 1 fully saturated rings. The molecule has 4 nitrogen and oxygen atoms in total. The third-order valence-corrected chi connectivity index (χ3v) is 3.12. The van der Waals surface area contributed by atoms with Gasteiger partial charge in [0.1, 0.15) is 5.82 Å². The molecule has 0 radical (unpaired) electrons. The number of nitrogens with one attached hydrogen (secondary N) is 1. The number of likely N-dealkylation sites (tertiary alicyclic amines) is 1. The summed E-state index contributed by atoms with van der Waals surface area (Å²) in [7, 11) is 1.75. The summed E-state index contributed by atoms with van der Waals surface area (Å²) in [4.78, 5) is 17.7. The summed E-state index contributed by atoms with van der Waals surface area (Å²) in [5.41, 5.74) is 1.26. The second-order valence-electron chi connectivity index (χ2n) is 4.45. The van der Waals surface area contributed by atoms with Crippen LogP contribution in [0.2, 0.25) is 0 Å². The Morgan fingerprint density at radius 2 is 2.19 bits per heavy atom. The molecule has 0 atom stereocenters. The monoisotopic (exact) mass is 221 g/mol. The van der Waals surface area contributed by atoms with E-state index in [1.807, 2.05) is 12.3 Å². The van der Waals surface area contributed by atoms with Crippen molar-refractivity contribution >= 4 is 12.2 Å². The quantitative estimate of drug-likeness (QED) is 0.784. The third-order valence-electron chi connectivity index (χ3n) is 3.12. The normalized spacial score (nSPS) is 17.3. The average molecular weight is 221 g/mol. The fourth-order valence-electron chi connectivity index (χ4n) is 2.15. The number of H-pyrrole nitrogens is 1.